The van der Waals surface area contributed by atoms with E-state index in [2.05, 4.69) is 24.5 Å². The van der Waals surface area contributed by atoms with Gasteiger partial charge in [-0.1, -0.05) is 44.2 Å². The molecule has 27 heavy (non-hydrogen) atoms. The Balaban J connectivity index is 1.96. The molecule has 0 spiro atoms. The molecule has 2 rings (SSSR count). The summed E-state index contributed by atoms with van der Waals surface area (Å²) >= 11 is 5.15. The lowest BCUT2D eigenvalue weighted by Gasteiger charge is -2.15. The second-order valence-electron chi connectivity index (χ2n) is 6.81. The van der Waals surface area contributed by atoms with Crippen LogP contribution >= 0.6 is 12.2 Å². The molecule has 0 aliphatic heterocycles. The van der Waals surface area contributed by atoms with Crippen molar-refractivity contribution in [3.63, 3.8) is 0 Å². The van der Waals surface area contributed by atoms with Crippen molar-refractivity contribution in [3.8, 4) is 0 Å². The number of carbonyl (C=O) groups excluding carboxylic acids is 1. The quantitative estimate of drug-likeness (QED) is 0.437. The number of non-ortho nitro benzene ring substituents is 1. The molecule has 0 aromatic heterocycles. The predicted octanol–water partition coefficient (Wildman–Crippen LogP) is 4.41. The summed E-state index contributed by atoms with van der Waals surface area (Å²) in [6.45, 7) is 6.14. The molecular formula is C20H23N3O3S. The monoisotopic (exact) mass is 385 g/mol. The van der Waals surface area contributed by atoms with E-state index >= 15 is 0 Å². The molecule has 2 aromatic rings. The number of carbonyl (C=O) groups is 1. The number of benzene rings is 2. The van der Waals surface area contributed by atoms with Crippen LogP contribution in [0, 0.1) is 16.0 Å². The lowest BCUT2D eigenvalue weighted by atomic mass is 9.96. The standard InChI is InChI=1S/C20H23N3O3S/c1-13(2)11-15-7-9-16(10-8-15)14(3)19(24)22-20(27)21-17-5-4-6-18(12-17)23(25)26/h4-10,12-14H,11H2,1-3H3,(H2,21,22,24,27). The van der Waals surface area contributed by atoms with Crippen LogP contribution in [0.4, 0.5) is 11.4 Å². The van der Waals surface area contributed by atoms with Crippen LogP contribution in [0.1, 0.15) is 37.8 Å². The Morgan fingerprint density at radius 2 is 1.81 bits per heavy atom. The highest BCUT2D eigenvalue weighted by Gasteiger charge is 2.17. The van der Waals surface area contributed by atoms with E-state index in [1.54, 1.807) is 12.1 Å². The Morgan fingerprint density at radius 1 is 1.15 bits per heavy atom. The highest BCUT2D eigenvalue weighted by Crippen LogP contribution is 2.19. The third kappa shape index (κ3) is 6.14. The average Bonchev–Trinajstić information content (AvgIpc) is 2.61. The van der Waals surface area contributed by atoms with E-state index in [1.807, 2.05) is 31.2 Å². The number of rotatable bonds is 6. The third-order valence-corrected chi connectivity index (χ3v) is 4.27. The van der Waals surface area contributed by atoms with Gasteiger partial charge < -0.3 is 10.6 Å². The second-order valence-corrected chi connectivity index (χ2v) is 7.22. The van der Waals surface area contributed by atoms with E-state index in [0.29, 0.717) is 11.6 Å². The fraction of sp³-hybridized carbons (Fsp3) is 0.300. The highest BCUT2D eigenvalue weighted by atomic mass is 32.1. The Hall–Kier alpha value is -2.80. The van der Waals surface area contributed by atoms with Crippen molar-refractivity contribution in [1.29, 1.82) is 0 Å². The van der Waals surface area contributed by atoms with E-state index in [1.165, 1.54) is 17.7 Å². The summed E-state index contributed by atoms with van der Waals surface area (Å²) in [7, 11) is 0. The van der Waals surface area contributed by atoms with Gasteiger partial charge in [0.05, 0.1) is 10.8 Å². The van der Waals surface area contributed by atoms with Gasteiger partial charge in [0.2, 0.25) is 5.91 Å². The van der Waals surface area contributed by atoms with Gasteiger partial charge in [0.15, 0.2) is 5.11 Å². The number of nitrogens with one attached hydrogen (secondary N) is 2. The lowest BCUT2D eigenvalue weighted by Crippen LogP contribution is -2.36. The van der Waals surface area contributed by atoms with Gasteiger partial charge in [-0.3, -0.25) is 14.9 Å². The van der Waals surface area contributed by atoms with Gasteiger partial charge in [0.1, 0.15) is 0 Å². The number of hydrogen-bond donors (Lipinski definition) is 2. The Kier molecular flexibility index (Phi) is 7.01. The van der Waals surface area contributed by atoms with Gasteiger partial charge in [-0.25, -0.2) is 0 Å². The Bertz CT molecular complexity index is 835. The van der Waals surface area contributed by atoms with Crippen molar-refractivity contribution in [2.24, 2.45) is 5.92 Å². The minimum Gasteiger partial charge on any atom is -0.332 e. The van der Waals surface area contributed by atoms with Crippen LogP contribution in [-0.2, 0) is 11.2 Å². The Labute approximate surface area is 164 Å². The van der Waals surface area contributed by atoms with Crippen molar-refractivity contribution in [2.45, 2.75) is 33.1 Å². The summed E-state index contributed by atoms with van der Waals surface area (Å²) in [5.74, 6) is -0.0358. The zero-order valence-electron chi connectivity index (χ0n) is 15.6. The molecule has 0 aliphatic rings. The molecule has 0 fully saturated rings. The van der Waals surface area contributed by atoms with E-state index in [4.69, 9.17) is 12.2 Å². The topological polar surface area (TPSA) is 84.3 Å². The van der Waals surface area contributed by atoms with Crippen LogP contribution in [0.2, 0.25) is 0 Å². The molecule has 0 aliphatic carbocycles. The van der Waals surface area contributed by atoms with Crippen molar-refractivity contribution < 1.29 is 9.72 Å². The van der Waals surface area contributed by atoms with E-state index in [9.17, 15) is 14.9 Å². The average molecular weight is 385 g/mol. The van der Waals surface area contributed by atoms with Crippen molar-refractivity contribution in [2.75, 3.05) is 5.32 Å². The molecular weight excluding hydrogens is 362 g/mol. The summed E-state index contributed by atoms with van der Waals surface area (Å²) in [6.07, 6.45) is 0.998. The SMILES string of the molecule is CC(C)Cc1ccc(C(C)C(=O)NC(=S)Nc2cccc([N+](=O)[O-])c2)cc1. The largest absolute Gasteiger partial charge is 0.332 e. The van der Waals surface area contributed by atoms with Crippen molar-refractivity contribution >= 4 is 34.6 Å². The second kappa shape index (κ2) is 9.23. The summed E-state index contributed by atoms with van der Waals surface area (Å²) in [5.41, 5.74) is 2.53. The zero-order valence-corrected chi connectivity index (χ0v) is 16.4. The number of amides is 1. The van der Waals surface area contributed by atoms with E-state index in [0.717, 1.165) is 12.0 Å². The first-order valence-corrected chi connectivity index (χ1v) is 9.12. The van der Waals surface area contributed by atoms with Crippen LogP contribution in [-0.4, -0.2) is 15.9 Å². The Morgan fingerprint density at radius 3 is 2.41 bits per heavy atom. The summed E-state index contributed by atoms with van der Waals surface area (Å²) < 4.78 is 0. The fourth-order valence-electron chi connectivity index (χ4n) is 2.64. The first kappa shape index (κ1) is 20.5. The first-order chi connectivity index (χ1) is 12.8. The normalized spacial score (nSPS) is 11.7. The van der Waals surface area contributed by atoms with Crippen LogP contribution in [0.3, 0.4) is 0 Å². The maximum atomic E-state index is 12.4. The molecule has 1 amide bonds. The molecule has 1 atom stereocenters. The third-order valence-electron chi connectivity index (χ3n) is 4.07. The number of anilines is 1. The number of thiocarbonyl (C=S) groups is 1. The molecule has 7 heteroatoms. The van der Waals surface area contributed by atoms with E-state index in [-0.39, 0.29) is 22.6 Å². The van der Waals surface area contributed by atoms with Crippen LogP contribution in [0.5, 0.6) is 0 Å². The van der Waals surface area contributed by atoms with Gasteiger partial charge in [-0.15, -0.1) is 0 Å². The molecule has 1 unspecified atom stereocenters. The van der Waals surface area contributed by atoms with Crippen LogP contribution in [0.25, 0.3) is 0 Å². The molecule has 6 nitrogen and oxygen atoms in total. The number of nitrogens with zero attached hydrogens (tertiary/aromatic N) is 1. The number of hydrogen-bond acceptors (Lipinski definition) is 4. The molecule has 0 heterocycles. The lowest BCUT2D eigenvalue weighted by molar-refractivity contribution is -0.384. The molecule has 0 radical (unpaired) electrons. The molecule has 0 saturated heterocycles. The summed E-state index contributed by atoms with van der Waals surface area (Å²) in [5, 5.41) is 16.4. The summed E-state index contributed by atoms with van der Waals surface area (Å²) in [6, 6.07) is 13.9. The van der Waals surface area contributed by atoms with Gasteiger partial charge in [0.25, 0.3) is 5.69 Å². The predicted molar refractivity (Wildman–Crippen MR) is 111 cm³/mol. The fourth-order valence-corrected chi connectivity index (χ4v) is 2.86. The van der Waals surface area contributed by atoms with Crippen molar-refractivity contribution in [3.05, 3.63) is 69.8 Å². The van der Waals surface area contributed by atoms with Gasteiger partial charge in [-0.2, -0.15) is 0 Å². The maximum absolute atomic E-state index is 12.4. The maximum Gasteiger partial charge on any atom is 0.271 e. The van der Waals surface area contributed by atoms with Gasteiger partial charge in [-0.05, 0) is 48.7 Å². The van der Waals surface area contributed by atoms with Crippen molar-refractivity contribution in [1.82, 2.24) is 5.32 Å². The smallest absolute Gasteiger partial charge is 0.271 e. The van der Waals surface area contributed by atoms with Crippen LogP contribution < -0.4 is 10.6 Å². The summed E-state index contributed by atoms with van der Waals surface area (Å²) in [4.78, 5) is 22.8. The van der Waals surface area contributed by atoms with Gasteiger partial charge in [0, 0.05) is 17.8 Å². The number of nitro benzene ring substituents is 1. The molecule has 2 aromatic carbocycles. The molecule has 2 N–H and O–H groups in total. The van der Waals surface area contributed by atoms with E-state index < -0.39 is 4.92 Å². The first-order valence-electron chi connectivity index (χ1n) is 8.71. The van der Waals surface area contributed by atoms with Gasteiger partial charge >= 0.3 is 0 Å². The minimum absolute atomic E-state index is 0.0519. The molecule has 142 valence electrons. The number of nitro groups is 1. The van der Waals surface area contributed by atoms with Crippen LogP contribution in [0.15, 0.2) is 48.5 Å². The minimum atomic E-state index is -0.488. The molecule has 0 saturated carbocycles. The highest BCUT2D eigenvalue weighted by molar-refractivity contribution is 7.80. The zero-order chi connectivity index (χ0) is 20.0. The molecule has 0 bridgehead atoms.